The first kappa shape index (κ1) is 21.7. The Kier molecular flexibility index (Phi) is 6.91. The molecule has 1 aromatic heterocycles. The number of nitrogens with one attached hydrogen (secondary N) is 1. The number of aryl methyl sites for hydroxylation is 1. The van der Waals surface area contributed by atoms with E-state index in [-0.39, 0.29) is 33.6 Å². The first-order valence-corrected chi connectivity index (χ1v) is 10.7. The smallest absolute Gasteiger partial charge is 0.257 e. The van der Waals surface area contributed by atoms with E-state index in [2.05, 4.69) is 10.4 Å². The standard InChI is InChI=1S/C17H22Cl2N4O3S/c1-5-22(6-2)27(25,26)16-8-12(13(18)9-14(16)19)17(24)21-15-10-20-23(7-3)11(15)4/h8-10H,5-7H2,1-4H3,(H,21,24). The Morgan fingerprint density at radius 2 is 1.81 bits per heavy atom. The molecule has 1 N–H and O–H groups in total. The summed E-state index contributed by atoms with van der Waals surface area (Å²) in [6, 6.07) is 2.49. The molecule has 1 aromatic carbocycles. The zero-order chi connectivity index (χ0) is 20.4. The fourth-order valence-corrected chi connectivity index (χ4v) is 4.97. The number of nitrogens with zero attached hydrogens (tertiary/aromatic N) is 3. The molecule has 10 heteroatoms. The number of amides is 1. The molecule has 148 valence electrons. The molecular weight excluding hydrogens is 411 g/mol. The molecule has 0 spiro atoms. The van der Waals surface area contributed by atoms with Crippen LogP contribution in [-0.4, -0.2) is 41.5 Å². The lowest BCUT2D eigenvalue weighted by Gasteiger charge is -2.20. The summed E-state index contributed by atoms with van der Waals surface area (Å²) in [7, 11) is -3.84. The summed E-state index contributed by atoms with van der Waals surface area (Å²) in [6.07, 6.45) is 1.54. The molecule has 0 unspecified atom stereocenters. The summed E-state index contributed by atoms with van der Waals surface area (Å²) < 4.78 is 28.6. The largest absolute Gasteiger partial charge is 0.319 e. The van der Waals surface area contributed by atoms with E-state index in [4.69, 9.17) is 23.2 Å². The molecule has 1 amide bonds. The van der Waals surface area contributed by atoms with Gasteiger partial charge in [-0.3, -0.25) is 9.48 Å². The highest BCUT2D eigenvalue weighted by Gasteiger charge is 2.27. The number of carbonyl (C=O) groups is 1. The number of sulfonamides is 1. The minimum absolute atomic E-state index is 0.0236. The van der Waals surface area contributed by atoms with Crippen molar-refractivity contribution in [2.24, 2.45) is 0 Å². The molecule has 0 saturated heterocycles. The lowest BCUT2D eigenvalue weighted by Crippen LogP contribution is -2.31. The van der Waals surface area contributed by atoms with Crippen LogP contribution in [0.25, 0.3) is 0 Å². The predicted molar refractivity (Wildman–Crippen MR) is 107 cm³/mol. The molecule has 2 rings (SSSR count). The Bertz CT molecular complexity index is 953. The van der Waals surface area contributed by atoms with E-state index in [0.717, 1.165) is 5.69 Å². The van der Waals surface area contributed by atoms with Gasteiger partial charge in [-0.1, -0.05) is 37.0 Å². The van der Waals surface area contributed by atoms with Gasteiger partial charge < -0.3 is 5.32 Å². The minimum atomic E-state index is -3.84. The van der Waals surface area contributed by atoms with Crippen LogP contribution >= 0.6 is 23.2 Å². The summed E-state index contributed by atoms with van der Waals surface area (Å²) in [5.74, 6) is -0.536. The van der Waals surface area contributed by atoms with E-state index in [1.807, 2.05) is 13.8 Å². The predicted octanol–water partition coefficient (Wildman–Crippen LogP) is 3.80. The average molecular weight is 433 g/mol. The zero-order valence-electron chi connectivity index (χ0n) is 15.6. The van der Waals surface area contributed by atoms with Crippen LogP contribution in [0.5, 0.6) is 0 Å². The quantitative estimate of drug-likeness (QED) is 0.720. The fourth-order valence-electron chi connectivity index (χ4n) is 2.68. The number of rotatable bonds is 7. The van der Waals surface area contributed by atoms with Crippen LogP contribution in [0.2, 0.25) is 10.0 Å². The highest BCUT2D eigenvalue weighted by atomic mass is 35.5. The highest BCUT2D eigenvalue weighted by molar-refractivity contribution is 7.89. The number of hydrogen-bond acceptors (Lipinski definition) is 4. The maximum absolute atomic E-state index is 12.8. The topological polar surface area (TPSA) is 84.3 Å². The van der Waals surface area contributed by atoms with Crippen molar-refractivity contribution in [2.45, 2.75) is 39.1 Å². The van der Waals surface area contributed by atoms with Crippen LogP contribution in [0.4, 0.5) is 5.69 Å². The van der Waals surface area contributed by atoms with Crippen molar-refractivity contribution in [2.75, 3.05) is 18.4 Å². The third kappa shape index (κ3) is 4.29. The van der Waals surface area contributed by atoms with Crippen molar-refractivity contribution in [3.05, 3.63) is 39.6 Å². The van der Waals surface area contributed by atoms with Gasteiger partial charge in [-0.05, 0) is 26.0 Å². The molecule has 0 aliphatic rings. The number of benzene rings is 1. The van der Waals surface area contributed by atoms with Gasteiger partial charge in [0.2, 0.25) is 10.0 Å². The van der Waals surface area contributed by atoms with Crippen LogP contribution in [-0.2, 0) is 16.6 Å². The molecule has 2 aromatic rings. The van der Waals surface area contributed by atoms with E-state index in [1.54, 1.807) is 18.5 Å². The Morgan fingerprint density at radius 3 is 2.33 bits per heavy atom. The molecule has 0 aliphatic carbocycles. The van der Waals surface area contributed by atoms with Crippen LogP contribution in [0.15, 0.2) is 23.2 Å². The molecular formula is C17H22Cl2N4O3S. The van der Waals surface area contributed by atoms with Crippen molar-refractivity contribution in [1.82, 2.24) is 14.1 Å². The van der Waals surface area contributed by atoms with Crippen molar-refractivity contribution in [3.63, 3.8) is 0 Å². The average Bonchev–Trinajstić information content (AvgIpc) is 2.95. The molecule has 0 atom stereocenters. The Morgan fingerprint density at radius 1 is 1.19 bits per heavy atom. The third-order valence-electron chi connectivity index (χ3n) is 4.24. The molecule has 0 saturated carbocycles. The normalized spacial score (nSPS) is 11.8. The second kappa shape index (κ2) is 8.60. The fraction of sp³-hybridized carbons (Fsp3) is 0.412. The molecule has 0 radical (unpaired) electrons. The SMILES string of the molecule is CCN(CC)S(=O)(=O)c1cc(C(=O)Nc2cnn(CC)c2C)c(Cl)cc1Cl. The molecule has 0 aliphatic heterocycles. The molecule has 1 heterocycles. The van der Waals surface area contributed by atoms with Crippen LogP contribution in [0.3, 0.4) is 0 Å². The molecule has 0 bridgehead atoms. The summed E-state index contributed by atoms with van der Waals surface area (Å²) in [4.78, 5) is 12.6. The first-order chi connectivity index (χ1) is 12.7. The van der Waals surface area contributed by atoms with E-state index in [9.17, 15) is 13.2 Å². The number of halogens is 2. The van der Waals surface area contributed by atoms with Gasteiger partial charge in [-0.2, -0.15) is 9.40 Å². The van der Waals surface area contributed by atoms with Crippen LogP contribution in [0.1, 0.15) is 36.8 Å². The van der Waals surface area contributed by atoms with Gasteiger partial charge in [0.15, 0.2) is 0 Å². The van der Waals surface area contributed by atoms with E-state index < -0.39 is 15.9 Å². The van der Waals surface area contributed by atoms with Gasteiger partial charge in [-0.25, -0.2) is 8.42 Å². The van der Waals surface area contributed by atoms with Gasteiger partial charge in [-0.15, -0.1) is 0 Å². The Hall–Kier alpha value is -1.61. The highest BCUT2D eigenvalue weighted by Crippen LogP contribution is 2.31. The second-order valence-electron chi connectivity index (χ2n) is 5.77. The zero-order valence-corrected chi connectivity index (χ0v) is 17.9. The number of anilines is 1. The molecule has 27 heavy (non-hydrogen) atoms. The summed E-state index contributed by atoms with van der Waals surface area (Å²) in [5, 5.41) is 6.92. The van der Waals surface area contributed by atoms with Gasteiger partial charge in [0, 0.05) is 19.6 Å². The lowest BCUT2D eigenvalue weighted by molar-refractivity contribution is 0.102. The first-order valence-electron chi connectivity index (χ1n) is 8.50. The van der Waals surface area contributed by atoms with Crippen molar-refractivity contribution < 1.29 is 13.2 Å². The van der Waals surface area contributed by atoms with Gasteiger partial charge in [0.05, 0.1) is 33.2 Å². The number of hydrogen-bond donors (Lipinski definition) is 1. The van der Waals surface area contributed by atoms with Crippen LogP contribution in [0, 0.1) is 6.92 Å². The summed E-state index contributed by atoms with van der Waals surface area (Å²) in [6.45, 7) is 8.45. The maximum Gasteiger partial charge on any atom is 0.257 e. The summed E-state index contributed by atoms with van der Waals surface area (Å²) >= 11 is 12.3. The van der Waals surface area contributed by atoms with Crippen molar-refractivity contribution in [3.8, 4) is 0 Å². The molecule has 7 nitrogen and oxygen atoms in total. The minimum Gasteiger partial charge on any atom is -0.319 e. The summed E-state index contributed by atoms with van der Waals surface area (Å²) in [5.41, 5.74) is 1.34. The number of aromatic nitrogens is 2. The lowest BCUT2D eigenvalue weighted by atomic mass is 10.2. The van der Waals surface area contributed by atoms with E-state index in [0.29, 0.717) is 12.2 Å². The Labute approximate surface area is 169 Å². The van der Waals surface area contributed by atoms with Crippen molar-refractivity contribution >= 4 is 44.8 Å². The second-order valence-corrected chi connectivity index (χ2v) is 8.49. The van der Waals surface area contributed by atoms with E-state index >= 15 is 0 Å². The Balaban J connectivity index is 2.45. The van der Waals surface area contributed by atoms with Crippen molar-refractivity contribution in [1.29, 1.82) is 0 Å². The van der Waals surface area contributed by atoms with Gasteiger partial charge in [0.1, 0.15) is 4.90 Å². The van der Waals surface area contributed by atoms with Gasteiger partial charge >= 0.3 is 0 Å². The van der Waals surface area contributed by atoms with E-state index in [1.165, 1.54) is 22.6 Å². The third-order valence-corrected chi connectivity index (χ3v) is 7.07. The molecule has 0 fully saturated rings. The number of carbonyl (C=O) groups excluding carboxylic acids is 1. The van der Waals surface area contributed by atoms with Gasteiger partial charge in [0.25, 0.3) is 5.91 Å². The maximum atomic E-state index is 12.8. The monoisotopic (exact) mass is 432 g/mol. The van der Waals surface area contributed by atoms with Crippen LogP contribution < -0.4 is 5.32 Å².